The first-order valence-corrected chi connectivity index (χ1v) is 9.24. The van der Waals surface area contributed by atoms with E-state index in [1.807, 2.05) is 6.92 Å². The number of carbonyl (C=O) groups excluding carboxylic acids is 1. The predicted molar refractivity (Wildman–Crippen MR) is 96.0 cm³/mol. The molecule has 26 heavy (non-hydrogen) atoms. The molecule has 0 bridgehead atoms. The van der Waals surface area contributed by atoms with Crippen LogP contribution >= 0.6 is 0 Å². The predicted octanol–water partition coefficient (Wildman–Crippen LogP) is 1.84. The molecule has 3 N–H and O–H groups in total. The lowest BCUT2D eigenvalue weighted by molar-refractivity contribution is 0.102. The minimum Gasteiger partial charge on any atom is -0.321 e. The molecule has 0 radical (unpaired) electrons. The van der Waals surface area contributed by atoms with E-state index in [1.165, 1.54) is 24.4 Å². The molecule has 9 heteroatoms. The number of sulfonamides is 1. The smallest absolute Gasteiger partial charge is 0.255 e. The summed E-state index contributed by atoms with van der Waals surface area (Å²) in [6.07, 6.45) is 3.10. The van der Waals surface area contributed by atoms with Crippen molar-refractivity contribution >= 4 is 21.6 Å². The van der Waals surface area contributed by atoms with Gasteiger partial charge in [0.05, 0.1) is 29.0 Å². The van der Waals surface area contributed by atoms with E-state index in [-0.39, 0.29) is 17.0 Å². The largest absolute Gasteiger partial charge is 0.321 e. The molecule has 0 aliphatic rings. The number of amides is 1. The van der Waals surface area contributed by atoms with E-state index < -0.39 is 15.9 Å². The van der Waals surface area contributed by atoms with E-state index in [9.17, 15) is 13.2 Å². The summed E-state index contributed by atoms with van der Waals surface area (Å²) in [6.45, 7) is 1.88. The van der Waals surface area contributed by atoms with Crippen molar-refractivity contribution in [3.63, 3.8) is 0 Å². The van der Waals surface area contributed by atoms with Gasteiger partial charge < -0.3 is 5.32 Å². The first-order chi connectivity index (χ1) is 12.4. The number of pyridine rings is 1. The van der Waals surface area contributed by atoms with Crippen molar-refractivity contribution in [1.82, 2.24) is 19.9 Å². The average molecular weight is 371 g/mol. The van der Waals surface area contributed by atoms with Gasteiger partial charge in [0, 0.05) is 17.5 Å². The van der Waals surface area contributed by atoms with Gasteiger partial charge in [0.25, 0.3) is 5.91 Å². The van der Waals surface area contributed by atoms with Crippen molar-refractivity contribution in [3.05, 3.63) is 71.8 Å². The topological polar surface area (TPSA) is 117 Å². The maximum absolute atomic E-state index is 12.5. The van der Waals surface area contributed by atoms with Crippen molar-refractivity contribution in [2.45, 2.75) is 18.4 Å². The minimum absolute atomic E-state index is 0.00333. The number of aryl methyl sites for hydroxylation is 1. The summed E-state index contributed by atoms with van der Waals surface area (Å²) >= 11 is 0. The Morgan fingerprint density at radius 3 is 2.73 bits per heavy atom. The highest BCUT2D eigenvalue weighted by molar-refractivity contribution is 7.89. The number of aromatic nitrogens is 3. The van der Waals surface area contributed by atoms with E-state index in [2.05, 4.69) is 25.2 Å². The van der Waals surface area contributed by atoms with Gasteiger partial charge >= 0.3 is 0 Å². The number of hydrogen-bond acceptors (Lipinski definition) is 5. The molecular formula is C17H17N5O3S. The molecule has 134 valence electrons. The second-order valence-electron chi connectivity index (χ2n) is 5.59. The van der Waals surface area contributed by atoms with Crippen LogP contribution in [0.4, 0.5) is 5.69 Å². The maximum atomic E-state index is 12.5. The van der Waals surface area contributed by atoms with Crippen LogP contribution in [0.2, 0.25) is 0 Å². The van der Waals surface area contributed by atoms with Gasteiger partial charge in [-0.25, -0.2) is 13.1 Å². The molecule has 1 aromatic carbocycles. The molecule has 3 aromatic rings. The van der Waals surface area contributed by atoms with Crippen molar-refractivity contribution in [2.24, 2.45) is 0 Å². The summed E-state index contributed by atoms with van der Waals surface area (Å²) < 4.78 is 27.4. The standard InChI is InChI=1S/C17H17N5O3S/c1-12-8-15(22-21-12)11-19-26(24,25)16-6-2-4-13(9-16)17(23)20-14-5-3-7-18-10-14/h2-10,19H,11H2,1H3,(H,20,23)(H,21,22). The van der Waals surface area contributed by atoms with Crippen molar-refractivity contribution < 1.29 is 13.2 Å². The fourth-order valence-corrected chi connectivity index (χ4v) is 3.31. The second-order valence-corrected chi connectivity index (χ2v) is 7.36. The van der Waals surface area contributed by atoms with E-state index >= 15 is 0 Å². The number of nitrogens with zero attached hydrogens (tertiary/aromatic N) is 2. The average Bonchev–Trinajstić information content (AvgIpc) is 3.06. The van der Waals surface area contributed by atoms with Gasteiger partial charge in [-0.05, 0) is 43.3 Å². The van der Waals surface area contributed by atoms with Crippen molar-refractivity contribution in [1.29, 1.82) is 0 Å². The lowest BCUT2D eigenvalue weighted by Crippen LogP contribution is -2.24. The second kappa shape index (κ2) is 7.46. The Bertz CT molecular complexity index is 1020. The number of anilines is 1. The SMILES string of the molecule is Cc1cc(CNS(=O)(=O)c2cccc(C(=O)Nc3cccnc3)c2)n[nH]1. The number of nitrogens with one attached hydrogen (secondary N) is 3. The van der Waals surface area contributed by atoms with Crippen LogP contribution in [0.5, 0.6) is 0 Å². The van der Waals surface area contributed by atoms with Crippen LogP contribution in [0.25, 0.3) is 0 Å². The fourth-order valence-electron chi connectivity index (χ4n) is 2.26. The van der Waals surface area contributed by atoms with Crippen LogP contribution in [0.1, 0.15) is 21.7 Å². The Hall–Kier alpha value is -3.04. The number of hydrogen-bond donors (Lipinski definition) is 3. The third-order valence-corrected chi connectivity index (χ3v) is 4.93. The van der Waals surface area contributed by atoms with Gasteiger partial charge in [-0.3, -0.25) is 14.9 Å². The van der Waals surface area contributed by atoms with Crippen LogP contribution in [0.3, 0.4) is 0 Å². The highest BCUT2D eigenvalue weighted by Crippen LogP contribution is 2.14. The Morgan fingerprint density at radius 2 is 2.04 bits per heavy atom. The molecule has 0 saturated heterocycles. The normalized spacial score (nSPS) is 11.3. The van der Waals surface area contributed by atoms with Crippen LogP contribution in [-0.4, -0.2) is 29.5 Å². The molecule has 0 saturated carbocycles. The van der Waals surface area contributed by atoms with Gasteiger partial charge in [-0.2, -0.15) is 5.10 Å². The molecular weight excluding hydrogens is 354 g/mol. The number of H-pyrrole nitrogens is 1. The zero-order chi connectivity index (χ0) is 18.6. The van der Waals surface area contributed by atoms with Crippen LogP contribution in [0, 0.1) is 6.92 Å². The Balaban J connectivity index is 1.74. The van der Waals surface area contributed by atoms with Gasteiger partial charge in [0.1, 0.15) is 0 Å². The molecule has 0 unspecified atom stereocenters. The number of rotatable bonds is 6. The van der Waals surface area contributed by atoms with Gasteiger partial charge in [0.2, 0.25) is 10.0 Å². The zero-order valence-electron chi connectivity index (χ0n) is 13.9. The van der Waals surface area contributed by atoms with Crippen molar-refractivity contribution in [3.8, 4) is 0 Å². The molecule has 0 fully saturated rings. The van der Waals surface area contributed by atoms with Gasteiger partial charge in [-0.1, -0.05) is 6.07 Å². The van der Waals surface area contributed by atoms with Crippen molar-refractivity contribution in [2.75, 3.05) is 5.32 Å². The number of benzene rings is 1. The van der Waals surface area contributed by atoms with Crippen LogP contribution in [-0.2, 0) is 16.6 Å². The summed E-state index contributed by atoms with van der Waals surface area (Å²) in [5, 5.41) is 9.40. The molecule has 8 nitrogen and oxygen atoms in total. The number of carbonyl (C=O) groups is 1. The molecule has 0 spiro atoms. The van der Waals surface area contributed by atoms with E-state index in [4.69, 9.17) is 0 Å². The van der Waals surface area contributed by atoms with Gasteiger partial charge in [0.15, 0.2) is 0 Å². The summed E-state index contributed by atoms with van der Waals surface area (Å²) in [7, 11) is -3.77. The lowest BCUT2D eigenvalue weighted by atomic mass is 10.2. The van der Waals surface area contributed by atoms with Crippen LogP contribution < -0.4 is 10.0 Å². The van der Waals surface area contributed by atoms with Crippen LogP contribution in [0.15, 0.2) is 59.8 Å². The third-order valence-electron chi connectivity index (χ3n) is 3.53. The fraction of sp³-hybridized carbons (Fsp3) is 0.118. The summed E-state index contributed by atoms with van der Waals surface area (Å²) in [5.74, 6) is -0.419. The molecule has 3 rings (SSSR count). The Labute approximate surface area is 150 Å². The first-order valence-electron chi connectivity index (χ1n) is 7.76. The molecule has 2 aromatic heterocycles. The number of aromatic amines is 1. The van der Waals surface area contributed by atoms with Gasteiger partial charge in [-0.15, -0.1) is 0 Å². The molecule has 0 aliphatic heterocycles. The molecule has 0 atom stereocenters. The summed E-state index contributed by atoms with van der Waals surface area (Å²) in [4.78, 5) is 16.2. The molecule has 0 aliphatic carbocycles. The van der Waals surface area contributed by atoms with E-state index in [0.717, 1.165) is 5.69 Å². The maximum Gasteiger partial charge on any atom is 0.255 e. The highest BCUT2D eigenvalue weighted by atomic mass is 32.2. The van der Waals surface area contributed by atoms with E-state index in [1.54, 1.807) is 30.5 Å². The monoisotopic (exact) mass is 371 g/mol. The highest BCUT2D eigenvalue weighted by Gasteiger charge is 2.17. The zero-order valence-corrected chi connectivity index (χ0v) is 14.7. The third kappa shape index (κ3) is 4.32. The summed E-state index contributed by atoms with van der Waals surface area (Å²) in [5.41, 5.74) is 2.18. The Morgan fingerprint density at radius 1 is 1.19 bits per heavy atom. The molecule has 2 heterocycles. The lowest BCUT2D eigenvalue weighted by Gasteiger charge is -2.08. The Kier molecular flexibility index (Phi) is 5.10. The quantitative estimate of drug-likeness (QED) is 0.611. The molecule has 1 amide bonds. The first kappa shape index (κ1) is 17.8. The minimum atomic E-state index is -3.77. The summed E-state index contributed by atoms with van der Waals surface area (Å²) in [6, 6.07) is 11.0. The van der Waals surface area contributed by atoms with E-state index in [0.29, 0.717) is 11.4 Å².